The van der Waals surface area contributed by atoms with Crippen LogP contribution in [0, 0.1) is 6.92 Å². The van der Waals surface area contributed by atoms with Crippen molar-refractivity contribution in [3.8, 4) is 0 Å². The van der Waals surface area contributed by atoms with Gasteiger partial charge in [0.15, 0.2) is 0 Å². The summed E-state index contributed by atoms with van der Waals surface area (Å²) in [5, 5.41) is 9.71. The van der Waals surface area contributed by atoms with E-state index in [0.717, 1.165) is 36.8 Å². The van der Waals surface area contributed by atoms with Gasteiger partial charge in [-0.25, -0.2) is 4.79 Å². The van der Waals surface area contributed by atoms with Gasteiger partial charge in [0.25, 0.3) is 0 Å². The molecule has 0 aromatic heterocycles. The summed E-state index contributed by atoms with van der Waals surface area (Å²) < 4.78 is 0. The van der Waals surface area contributed by atoms with Crippen LogP contribution in [0.4, 0.5) is 4.79 Å². The van der Waals surface area contributed by atoms with Gasteiger partial charge in [0.05, 0.1) is 12.5 Å². The molecular weight excluding hydrogens is 386 g/mol. The second-order valence-electron chi connectivity index (χ2n) is 7.68. The molecule has 2 unspecified atom stereocenters. The van der Waals surface area contributed by atoms with Crippen molar-refractivity contribution in [3.05, 3.63) is 70.2 Å². The lowest BCUT2D eigenvalue weighted by atomic mass is 9.90. The minimum Gasteiger partial charge on any atom is -0.351 e. The van der Waals surface area contributed by atoms with E-state index in [0.29, 0.717) is 18.0 Å². The first-order valence-electron chi connectivity index (χ1n) is 10.1. The Balaban J connectivity index is 1.49. The maximum Gasteiger partial charge on any atom is 0.315 e. The van der Waals surface area contributed by atoms with Gasteiger partial charge < -0.3 is 16.0 Å². The van der Waals surface area contributed by atoms with E-state index < -0.39 is 0 Å². The van der Waals surface area contributed by atoms with Crippen LogP contribution in [0.5, 0.6) is 0 Å². The van der Waals surface area contributed by atoms with Gasteiger partial charge in [0.2, 0.25) is 5.91 Å². The first kappa shape index (κ1) is 21.2. The number of rotatable bonds is 6. The molecule has 1 fully saturated rings. The SMILES string of the molecule is Cc1ccc(CNC(=O)NC2CCCCC2NC(=O)Cc2ccc(Cl)cc2)cc1. The van der Waals surface area contributed by atoms with Crippen LogP contribution >= 0.6 is 11.6 Å². The lowest BCUT2D eigenvalue weighted by Crippen LogP contribution is -2.55. The third kappa shape index (κ3) is 6.79. The van der Waals surface area contributed by atoms with Crippen molar-refractivity contribution in [2.24, 2.45) is 0 Å². The lowest BCUT2D eigenvalue weighted by Gasteiger charge is -2.32. The number of carbonyl (C=O) groups is 2. The van der Waals surface area contributed by atoms with Gasteiger partial charge in [-0.05, 0) is 43.0 Å². The van der Waals surface area contributed by atoms with E-state index in [1.165, 1.54) is 5.56 Å². The molecule has 0 aliphatic heterocycles. The highest BCUT2D eigenvalue weighted by Gasteiger charge is 2.27. The first-order chi connectivity index (χ1) is 14.0. The fourth-order valence-electron chi connectivity index (χ4n) is 3.63. The summed E-state index contributed by atoms with van der Waals surface area (Å²) >= 11 is 5.90. The fourth-order valence-corrected chi connectivity index (χ4v) is 3.76. The molecule has 6 heteroatoms. The quantitative estimate of drug-likeness (QED) is 0.666. The highest BCUT2D eigenvalue weighted by molar-refractivity contribution is 6.30. The maximum atomic E-state index is 12.5. The number of hydrogen-bond donors (Lipinski definition) is 3. The number of urea groups is 1. The third-order valence-corrected chi connectivity index (χ3v) is 5.53. The normalized spacial score (nSPS) is 18.7. The molecule has 1 aliphatic carbocycles. The smallest absolute Gasteiger partial charge is 0.315 e. The molecule has 0 bridgehead atoms. The Morgan fingerprint density at radius 2 is 1.48 bits per heavy atom. The van der Waals surface area contributed by atoms with Gasteiger partial charge in [-0.3, -0.25) is 4.79 Å². The largest absolute Gasteiger partial charge is 0.351 e. The summed E-state index contributed by atoms with van der Waals surface area (Å²) in [6.07, 6.45) is 4.14. The Bertz CT molecular complexity index is 821. The van der Waals surface area contributed by atoms with Crippen LogP contribution < -0.4 is 16.0 Å². The molecule has 3 rings (SSSR count). The first-order valence-corrected chi connectivity index (χ1v) is 10.5. The number of benzene rings is 2. The molecule has 29 heavy (non-hydrogen) atoms. The number of amides is 3. The van der Waals surface area contributed by atoms with E-state index in [1.54, 1.807) is 12.1 Å². The van der Waals surface area contributed by atoms with Crippen molar-refractivity contribution in [2.45, 2.75) is 57.7 Å². The monoisotopic (exact) mass is 413 g/mol. The number of hydrogen-bond acceptors (Lipinski definition) is 2. The summed E-state index contributed by atoms with van der Waals surface area (Å²) in [5.41, 5.74) is 3.17. The minimum absolute atomic E-state index is 0.0360. The molecule has 3 N–H and O–H groups in total. The van der Waals surface area contributed by atoms with E-state index in [2.05, 4.69) is 16.0 Å². The molecular formula is C23H28ClN3O2. The average Bonchev–Trinajstić information content (AvgIpc) is 2.71. The van der Waals surface area contributed by atoms with Crippen LogP contribution in [0.1, 0.15) is 42.4 Å². The van der Waals surface area contributed by atoms with Gasteiger partial charge >= 0.3 is 6.03 Å². The number of nitrogens with one attached hydrogen (secondary N) is 3. The Kier molecular flexibility index (Phi) is 7.53. The summed E-state index contributed by atoms with van der Waals surface area (Å²) in [6.45, 7) is 2.51. The van der Waals surface area contributed by atoms with Gasteiger partial charge in [-0.15, -0.1) is 0 Å². The second-order valence-corrected chi connectivity index (χ2v) is 8.12. The molecule has 1 aliphatic rings. The summed E-state index contributed by atoms with van der Waals surface area (Å²) in [4.78, 5) is 24.8. The Morgan fingerprint density at radius 1 is 0.897 bits per heavy atom. The Morgan fingerprint density at radius 3 is 2.14 bits per heavy atom. The number of halogens is 1. The van der Waals surface area contributed by atoms with Gasteiger partial charge in [-0.2, -0.15) is 0 Å². The molecule has 0 radical (unpaired) electrons. The fraction of sp³-hybridized carbons (Fsp3) is 0.391. The van der Waals surface area contributed by atoms with Crippen molar-refractivity contribution >= 4 is 23.5 Å². The topological polar surface area (TPSA) is 70.2 Å². The maximum absolute atomic E-state index is 12.5. The van der Waals surface area contributed by atoms with E-state index in [-0.39, 0.29) is 24.0 Å². The summed E-state index contributed by atoms with van der Waals surface area (Å²) in [7, 11) is 0. The van der Waals surface area contributed by atoms with E-state index >= 15 is 0 Å². The molecule has 2 aromatic carbocycles. The number of carbonyl (C=O) groups excluding carboxylic acids is 2. The zero-order valence-electron chi connectivity index (χ0n) is 16.7. The standard InChI is InChI=1S/C23H28ClN3O2/c1-16-6-8-18(9-7-16)15-25-23(29)27-21-5-3-2-4-20(21)26-22(28)14-17-10-12-19(24)13-11-17/h6-13,20-21H,2-5,14-15H2,1H3,(H,26,28)(H2,25,27,29). The van der Waals surface area contributed by atoms with Crippen LogP contribution in [0.15, 0.2) is 48.5 Å². The Labute approximate surface area is 177 Å². The van der Waals surface area contributed by atoms with Crippen LogP contribution in [0.3, 0.4) is 0 Å². The molecule has 5 nitrogen and oxygen atoms in total. The third-order valence-electron chi connectivity index (χ3n) is 5.28. The molecule has 2 atom stereocenters. The molecule has 0 heterocycles. The van der Waals surface area contributed by atoms with Gasteiger partial charge in [0.1, 0.15) is 0 Å². The molecule has 0 spiro atoms. The summed E-state index contributed by atoms with van der Waals surface area (Å²) in [5.74, 6) is -0.0360. The summed E-state index contributed by atoms with van der Waals surface area (Å²) in [6, 6.07) is 15.1. The molecule has 3 amide bonds. The minimum atomic E-state index is -0.200. The second kappa shape index (κ2) is 10.3. The van der Waals surface area contributed by atoms with Crippen LogP contribution in [-0.4, -0.2) is 24.0 Å². The lowest BCUT2D eigenvalue weighted by molar-refractivity contribution is -0.121. The van der Waals surface area contributed by atoms with E-state index in [9.17, 15) is 9.59 Å². The highest BCUT2D eigenvalue weighted by atomic mass is 35.5. The predicted octanol–water partition coefficient (Wildman–Crippen LogP) is 4.12. The average molecular weight is 414 g/mol. The van der Waals surface area contributed by atoms with E-state index in [1.807, 2.05) is 43.3 Å². The molecule has 1 saturated carbocycles. The van der Waals surface area contributed by atoms with Crippen molar-refractivity contribution in [1.29, 1.82) is 0 Å². The van der Waals surface area contributed by atoms with Gasteiger partial charge in [0, 0.05) is 17.6 Å². The highest BCUT2D eigenvalue weighted by Crippen LogP contribution is 2.19. The Hall–Kier alpha value is -2.53. The number of aryl methyl sites for hydroxylation is 1. The van der Waals surface area contributed by atoms with Crippen LogP contribution in [0.2, 0.25) is 5.02 Å². The molecule has 2 aromatic rings. The zero-order chi connectivity index (χ0) is 20.6. The van der Waals surface area contributed by atoms with E-state index in [4.69, 9.17) is 11.6 Å². The van der Waals surface area contributed by atoms with Gasteiger partial charge in [-0.1, -0.05) is 66.4 Å². The van der Waals surface area contributed by atoms with Crippen LogP contribution in [0.25, 0.3) is 0 Å². The predicted molar refractivity (Wildman–Crippen MR) is 116 cm³/mol. The van der Waals surface area contributed by atoms with Crippen molar-refractivity contribution in [2.75, 3.05) is 0 Å². The van der Waals surface area contributed by atoms with Crippen LogP contribution in [-0.2, 0) is 17.8 Å². The molecule has 154 valence electrons. The molecule has 0 saturated heterocycles. The van der Waals surface area contributed by atoms with Crippen molar-refractivity contribution in [1.82, 2.24) is 16.0 Å². The zero-order valence-corrected chi connectivity index (χ0v) is 17.5. The van der Waals surface area contributed by atoms with Crippen molar-refractivity contribution < 1.29 is 9.59 Å². The van der Waals surface area contributed by atoms with Crippen molar-refractivity contribution in [3.63, 3.8) is 0 Å².